The van der Waals surface area contributed by atoms with Crippen LogP contribution in [0.2, 0.25) is 0 Å². The van der Waals surface area contributed by atoms with Crippen molar-refractivity contribution in [1.29, 1.82) is 0 Å². The highest BCUT2D eigenvalue weighted by molar-refractivity contribution is 5.93. The molecule has 0 aromatic heterocycles. The molecule has 0 aliphatic carbocycles. The number of hydrogen-bond donors (Lipinski definition) is 2. The molecule has 0 radical (unpaired) electrons. The van der Waals surface area contributed by atoms with Crippen LogP contribution in [0, 0.1) is 0 Å². The molecule has 2 aromatic rings. The Hall–Kier alpha value is -3.15. The number of ether oxygens (including phenoxy) is 1. The molecule has 2 amide bonds. The second-order valence-corrected chi connectivity index (χ2v) is 6.48. The van der Waals surface area contributed by atoms with E-state index in [0.29, 0.717) is 17.9 Å². The Labute approximate surface area is 165 Å². The van der Waals surface area contributed by atoms with Crippen LogP contribution < -0.4 is 10.6 Å². The number of esters is 1. The third kappa shape index (κ3) is 6.87. The summed E-state index contributed by atoms with van der Waals surface area (Å²) in [4.78, 5) is 35.8. The number of carbonyl (C=O) groups excluding carboxylic acids is 3. The number of nitrogens with one attached hydrogen (secondary N) is 2. The van der Waals surface area contributed by atoms with E-state index in [1.807, 2.05) is 37.3 Å². The van der Waals surface area contributed by atoms with Gasteiger partial charge >= 0.3 is 5.97 Å². The summed E-state index contributed by atoms with van der Waals surface area (Å²) in [5.41, 5.74) is 1.87. The lowest BCUT2D eigenvalue weighted by molar-refractivity contribution is -0.120. The zero-order valence-corrected chi connectivity index (χ0v) is 16.2. The minimum atomic E-state index is -0.411. The van der Waals surface area contributed by atoms with Gasteiger partial charge in [0, 0.05) is 12.6 Å². The van der Waals surface area contributed by atoms with Crippen LogP contribution in [0.3, 0.4) is 0 Å². The van der Waals surface area contributed by atoms with Crippen molar-refractivity contribution in [3.05, 3.63) is 65.7 Å². The van der Waals surface area contributed by atoms with Crippen LogP contribution >= 0.6 is 0 Å². The maximum absolute atomic E-state index is 12.4. The first kappa shape index (κ1) is 21.2. The molecule has 6 nitrogen and oxygen atoms in total. The van der Waals surface area contributed by atoms with E-state index in [9.17, 15) is 14.4 Å². The van der Waals surface area contributed by atoms with Gasteiger partial charge < -0.3 is 15.4 Å². The first-order valence-electron chi connectivity index (χ1n) is 9.38. The summed E-state index contributed by atoms with van der Waals surface area (Å²) in [6.45, 7) is 3.85. The third-order valence-electron chi connectivity index (χ3n) is 4.10. The Morgan fingerprint density at radius 2 is 1.68 bits per heavy atom. The topological polar surface area (TPSA) is 84.5 Å². The fourth-order valence-electron chi connectivity index (χ4n) is 2.66. The van der Waals surface area contributed by atoms with Crippen LogP contribution in [-0.2, 0) is 14.3 Å². The molecular formula is C22H26N2O4. The smallest absolute Gasteiger partial charge is 0.338 e. The van der Waals surface area contributed by atoms with Gasteiger partial charge in [-0.05, 0) is 36.2 Å². The summed E-state index contributed by atoms with van der Waals surface area (Å²) in [5.74, 6) is -0.811. The molecule has 0 heterocycles. The summed E-state index contributed by atoms with van der Waals surface area (Å²) in [6.07, 6.45) is 1.89. The molecule has 0 fully saturated rings. The van der Waals surface area contributed by atoms with Crippen molar-refractivity contribution in [2.75, 3.05) is 11.9 Å². The van der Waals surface area contributed by atoms with E-state index in [-0.39, 0.29) is 24.2 Å². The summed E-state index contributed by atoms with van der Waals surface area (Å²) in [6, 6.07) is 15.5. The van der Waals surface area contributed by atoms with Gasteiger partial charge in [-0.2, -0.15) is 0 Å². The van der Waals surface area contributed by atoms with Crippen molar-refractivity contribution in [3.63, 3.8) is 0 Å². The Morgan fingerprint density at radius 1 is 1.00 bits per heavy atom. The van der Waals surface area contributed by atoms with Crippen LogP contribution in [-0.4, -0.2) is 24.4 Å². The van der Waals surface area contributed by atoms with Gasteiger partial charge in [-0.1, -0.05) is 43.7 Å². The predicted octanol–water partition coefficient (Wildman–Crippen LogP) is 3.85. The fourth-order valence-corrected chi connectivity index (χ4v) is 2.66. The monoisotopic (exact) mass is 382 g/mol. The number of anilines is 1. The molecule has 0 saturated heterocycles. The zero-order valence-electron chi connectivity index (χ0n) is 16.2. The van der Waals surface area contributed by atoms with E-state index in [0.717, 1.165) is 18.4 Å². The predicted molar refractivity (Wildman–Crippen MR) is 108 cm³/mol. The molecule has 0 saturated carbocycles. The van der Waals surface area contributed by atoms with E-state index in [2.05, 4.69) is 10.6 Å². The first-order chi connectivity index (χ1) is 13.5. The minimum absolute atomic E-state index is 0.102. The molecule has 0 aliphatic heterocycles. The van der Waals surface area contributed by atoms with Crippen LogP contribution in [0.25, 0.3) is 0 Å². The second-order valence-electron chi connectivity index (χ2n) is 6.48. The van der Waals surface area contributed by atoms with E-state index < -0.39 is 6.04 Å². The van der Waals surface area contributed by atoms with Gasteiger partial charge in [-0.15, -0.1) is 0 Å². The van der Waals surface area contributed by atoms with Crippen molar-refractivity contribution in [2.45, 2.75) is 39.2 Å². The van der Waals surface area contributed by atoms with Crippen LogP contribution in [0.15, 0.2) is 54.6 Å². The van der Waals surface area contributed by atoms with E-state index in [1.165, 1.54) is 6.92 Å². The van der Waals surface area contributed by atoms with Gasteiger partial charge in [0.1, 0.15) is 0 Å². The van der Waals surface area contributed by atoms with Crippen LogP contribution in [0.5, 0.6) is 0 Å². The summed E-state index contributed by atoms with van der Waals surface area (Å²) in [7, 11) is 0. The largest absolute Gasteiger partial charge is 0.462 e. The molecule has 148 valence electrons. The molecule has 0 aliphatic rings. The van der Waals surface area contributed by atoms with Crippen LogP contribution in [0.4, 0.5) is 5.69 Å². The van der Waals surface area contributed by atoms with Crippen LogP contribution in [0.1, 0.15) is 55.1 Å². The lowest BCUT2D eigenvalue weighted by Crippen LogP contribution is -2.29. The average Bonchev–Trinajstić information content (AvgIpc) is 2.68. The Kier molecular flexibility index (Phi) is 8.21. The lowest BCUT2D eigenvalue weighted by atomic mass is 10.0. The van der Waals surface area contributed by atoms with Gasteiger partial charge in [0.2, 0.25) is 11.8 Å². The normalized spacial score (nSPS) is 11.4. The molecule has 0 bridgehead atoms. The second kappa shape index (κ2) is 10.9. The van der Waals surface area contributed by atoms with E-state index in [1.54, 1.807) is 24.3 Å². The number of amides is 2. The lowest BCUT2D eigenvalue weighted by Gasteiger charge is -2.18. The van der Waals surface area contributed by atoms with Gasteiger partial charge in [-0.3, -0.25) is 9.59 Å². The van der Waals surface area contributed by atoms with E-state index in [4.69, 9.17) is 4.74 Å². The Morgan fingerprint density at radius 3 is 2.29 bits per heavy atom. The zero-order chi connectivity index (χ0) is 20.4. The minimum Gasteiger partial charge on any atom is -0.462 e. The number of rotatable bonds is 9. The van der Waals surface area contributed by atoms with Gasteiger partial charge in [0.15, 0.2) is 0 Å². The molecule has 28 heavy (non-hydrogen) atoms. The highest BCUT2D eigenvalue weighted by Crippen LogP contribution is 2.18. The summed E-state index contributed by atoms with van der Waals surface area (Å²) in [5, 5.41) is 5.59. The molecule has 2 rings (SSSR count). The number of hydrogen-bond acceptors (Lipinski definition) is 4. The number of unbranched alkanes of at least 4 members (excludes halogenated alkanes) is 1. The maximum Gasteiger partial charge on any atom is 0.338 e. The standard InChI is InChI=1S/C22H26N2O4/c1-3-4-14-28-22(27)18-10-12-19(13-11-18)24-21(26)15-20(23-16(2)25)17-8-6-5-7-9-17/h5-13,20H,3-4,14-15H2,1-2H3,(H,23,25)(H,24,26). The Balaban J connectivity index is 1.95. The number of benzene rings is 2. The molecule has 2 N–H and O–H groups in total. The van der Waals surface area contributed by atoms with Crippen molar-refractivity contribution >= 4 is 23.5 Å². The Bertz CT molecular complexity index is 788. The SMILES string of the molecule is CCCCOC(=O)c1ccc(NC(=O)CC(NC(C)=O)c2ccccc2)cc1. The quantitative estimate of drug-likeness (QED) is 0.510. The third-order valence-corrected chi connectivity index (χ3v) is 4.10. The molecule has 6 heteroatoms. The summed E-state index contributed by atoms with van der Waals surface area (Å²) >= 11 is 0. The molecule has 0 spiro atoms. The van der Waals surface area contributed by atoms with Crippen molar-refractivity contribution in [3.8, 4) is 0 Å². The van der Waals surface area contributed by atoms with Gasteiger partial charge in [0.05, 0.1) is 24.6 Å². The average molecular weight is 382 g/mol. The highest BCUT2D eigenvalue weighted by Gasteiger charge is 2.17. The van der Waals surface area contributed by atoms with Crippen molar-refractivity contribution < 1.29 is 19.1 Å². The molecule has 2 aromatic carbocycles. The molecular weight excluding hydrogens is 356 g/mol. The maximum atomic E-state index is 12.4. The van der Waals surface area contributed by atoms with Crippen molar-refractivity contribution in [1.82, 2.24) is 5.32 Å². The van der Waals surface area contributed by atoms with E-state index >= 15 is 0 Å². The van der Waals surface area contributed by atoms with Gasteiger partial charge in [0.25, 0.3) is 0 Å². The molecule has 1 atom stereocenters. The fraction of sp³-hybridized carbons (Fsp3) is 0.318. The molecule has 1 unspecified atom stereocenters. The highest BCUT2D eigenvalue weighted by atomic mass is 16.5. The number of carbonyl (C=O) groups is 3. The summed E-state index contributed by atoms with van der Waals surface area (Å²) < 4.78 is 5.16. The first-order valence-corrected chi connectivity index (χ1v) is 9.38. The van der Waals surface area contributed by atoms with Gasteiger partial charge in [-0.25, -0.2) is 4.79 Å². The van der Waals surface area contributed by atoms with Crippen molar-refractivity contribution in [2.24, 2.45) is 0 Å².